The van der Waals surface area contributed by atoms with Gasteiger partial charge in [-0.3, -0.25) is 9.11 Å². The van der Waals surface area contributed by atoms with E-state index in [4.69, 9.17) is 9.11 Å². The number of fused-ring (bicyclic) bond motifs is 1. The van der Waals surface area contributed by atoms with Crippen LogP contribution in [0.3, 0.4) is 0 Å². The summed E-state index contributed by atoms with van der Waals surface area (Å²) in [6.45, 7) is 2.59. The third-order valence-electron chi connectivity index (χ3n) is 5.68. The van der Waals surface area contributed by atoms with E-state index in [1.807, 2.05) is 0 Å². The first kappa shape index (κ1) is 34.6. The molecule has 3 unspecified atom stereocenters. The molecule has 1 aliphatic rings. The van der Waals surface area contributed by atoms with Gasteiger partial charge in [0.25, 0.3) is 32.3 Å². The number of benzene rings is 2. The Balaban J connectivity index is 0.000000295. The Morgan fingerprint density at radius 1 is 0.878 bits per heavy atom. The van der Waals surface area contributed by atoms with Crippen LogP contribution in [0.2, 0.25) is 0 Å². The zero-order valence-electron chi connectivity index (χ0n) is 20.6. The minimum Gasteiger partial charge on any atom is -0.285 e. The van der Waals surface area contributed by atoms with E-state index in [-0.39, 0.29) is 5.56 Å². The molecule has 9 nitrogen and oxygen atoms in total. The molecule has 0 aromatic heterocycles. The van der Waals surface area contributed by atoms with Crippen molar-refractivity contribution in [1.82, 2.24) is 0 Å². The topological polar surface area (TPSA) is 152 Å². The zero-order valence-corrected chi connectivity index (χ0v) is 23.1. The van der Waals surface area contributed by atoms with Crippen LogP contribution in [0.5, 0.6) is 0 Å². The van der Waals surface area contributed by atoms with Gasteiger partial charge in [-0.05, 0) is 31.5 Å². The minimum atomic E-state index is -6.59. The van der Waals surface area contributed by atoms with Crippen LogP contribution in [-0.2, 0) is 40.5 Å². The first-order valence-electron chi connectivity index (χ1n) is 10.9. The van der Waals surface area contributed by atoms with Gasteiger partial charge in [0.2, 0.25) is 0 Å². The van der Waals surface area contributed by atoms with Gasteiger partial charge in [-0.15, -0.1) is 0 Å². The standard InChI is InChI=1S/C12H12F2O3S.C10H9F5O6S2/c1-8(18(15,16)17)10-7-6-9-4-2-3-5-11(9)12(10,13)14;1-6-2-4-7(5-3-6)22(16,17)21-8(9(11,12)13)10(14,15)23(18,19)20/h2-8,10H,1H3,(H,15,16,17);2-5,8H,1H3,(H,18,19,20). The molecular formula is C22H21F7O9S3. The van der Waals surface area contributed by atoms with Gasteiger partial charge >= 0.3 is 21.5 Å². The lowest BCUT2D eigenvalue weighted by atomic mass is 9.84. The van der Waals surface area contributed by atoms with Gasteiger partial charge in [-0.2, -0.15) is 47.2 Å². The Hall–Kier alpha value is -2.58. The largest absolute Gasteiger partial charge is 0.423 e. The number of allylic oxidation sites excluding steroid dienone is 1. The summed E-state index contributed by atoms with van der Waals surface area (Å²) < 4.78 is 180. The predicted molar refractivity (Wildman–Crippen MR) is 130 cm³/mol. The summed E-state index contributed by atoms with van der Waals surface area (Å²) in [5.74, 6) is -4.89. The van der Waals surface area contributed by atoms with Crippen molar-refractivity contribution < 1.29 is 69.3 Å². The van der Waals surface area contributed by atoms with E-state index in [1.165, 1.54) is 31.2 Å². The highest BCUT2D eigenvalue weighted by Crippen LogP contribution is 2.45. The maximum absolute atomic E-state index is 14.2. The Kier molecular flexibility index (Phi) is 9.79. The van der Waals surface area contributed by atoms with Crippen LogP contribution in [0.25, 0.3) is 6.08 Å². The first-order chi connectivity index (χ1) is 18.3. The van der Waals surface area contributed by atoms with E-state index >= 15 is 0 Å². The van der Waals surface area contributed by atoms with Crippen molar-refractivity contribution in [2.45, 2.75) is 47.5 Å². The fraction of sp³-hybridized carbons (Fsp3) is 0.364. The number of rotatable bonds is 7. The average Bonchev–Trinajstić information content (AvgIpc) is 2.81. The van der Waals surface area contributed by atoms with E-state index in [0.717, 1.165) is 37.3 Å². The summed E-state index contributed by atoms with van der Waals surface area (Å²) in [5, 5.41) is -7.49. The molecule has 2 aromatic rings. The van der Waals surface area contributed by atoms with Crippen LogP contribution in [-0.4, -0.2) is 57.1 Å². The van der Waals surface area contributed by atoms with Crippen molar-refractivity contribution in [1.29, 1.82) is 0 Å². The van der Waals surface area contributed by atoms with E-state index < -0.39 is 69.9 Å². The normalized spacial score (nSPS) is 19.0. The molecule has 3 rings (SSSR count). The highest BCUT2D eigenvalue weighted by molar-refractivity contribution is 7.87. The monoisotopic (exact) mass is 658 g/mol. The Morgan fingerprint density at radius 3 is 1.85 bits per heavy atom. The van der Waals surface area contributed by atoms with E-state index in [0.29, 0.717) is 11.1 Å². The van der Waals surface area contributed by atoms with Crippen molar-refractivity contribution in [3.8, 4) is 0 Å². The smallest absolute Gasteiger partial charge is 0.285 e. The first-order valence-corrected chi connectivity index (χ1v) is 15.2. The second-order valence-corrected chi connectivity index (χ2v) is 13.5. The Morgan fingerprint density at radius 2 is 1.39 bits per heavy atom. The average molecular weight is 659 g/mol. The van der Waals surface area contributed by atoms with Crippen LogP contribution in [0.15, 0.2) is 59.5 Å². The van der Waals surface area contributed by atoms with Gasteiger partial charge < -0.3 is 0 Å². The van der Waals surface area contributed by atoms with Crippen molar-refractivity contribution in [2.24, 2.45) is 5.92 Å². The number of alkyl halides is 7. The molecule has 0 amide bonds. The van der Waals surface area contributed by atoms with Crippen LogP contribution in [0, 0.1) is 12.8 Å². The van der Waals surface area contributed by atoms with E-state index in [1.54, 1.807) is 6.07 Å². The second kappa shape index (κ2) is 11.6. The highest BCUT2D eigenvalue weighted by Gasteiger charge is 2.66. The number of aryl methyl sites for hydroxylation is 1. The van der Waals surface area contributed by atoms with Crippen molar-refractivity contribution in [3.05, 3.63) is 71.3 Å². The summed E-state index contributed by atoms with van der Waals surface area (Å²) in [5.41, 5.74) is 0.661. The van der Waals surface area contributed by atoms with Gasteiger partial charge in [0.05, 0.1) is 16.1 Å². The number of hydrogen-bond acceptors (Lipinski definition) is 7. The number of hydrogen-bond donors (Lipinski definition) is 2. The minimum absolute atomic E-state index is 0.215. The zero-order chi connectivity index (χ0) is 31.8. The maximum Gasteiger partial charge on any atom is 0.423 e. The fourth-order valence-electron chi connectivity index (χ4n) is 3.41. The molecule has 0 heterocycles. The Labute approximate surface area is 230 Å². The highest BCUT2D eigenvalue weighted by atomic mass is 32.2. The summed E-state index contributed by atoms with van der Waals surface area (Å²) in [7, 11) is -16.5. The van der Waals surface area contributed by atoms with Crippen molar-refractivity contribution in [3.63, 3.8) is 0 Å². The third-order valence-corrected chi connectivity index (χ3v) is 9.11. The fourth-order valence-corrected chi connectivity index (χ4v) is 5.62. The Bertz CT molecular complexity index is 1600. The van der Waals surface area contributed by atoms with Crippen LogP contribution in [0.1, 0.15) is 23.6 Å². The molecule has 0 aliphatic heterocycles. The van der Waals surface area contributed by atoms with Gasteiger partial charge in [0.15, 0.2) is 0 Å². The lowest BCUT2D eigenvalue weighted by Crippen LogP contribution is -2.52. The number of halogens is 7. The van der Waals surface area contributed by atoms with E-state index in [2.05, 4.69) is 4.18 Å². The summed E-state index contributed by atoms with van der Waals surface area (Å²) in [4.78, 5) is -0.900. The molecule has 19 heteroatoms. The van der Waals surface area contributed by atoms with Crippen LogP contribution in [0.4, 0.5) is 30.7 Å². The maximum atomic E-state index is 14.2. The van der Waals surface area contributed by atoms with Crippen molar-refractivity contribution in [2.75, 3.05) is 0 Å². The summed E-state index contributed by atoms with van der Waals surface area (Å²) >= 11 is 0. The molecule has 1 aliphatic carbocycles. The molecule has 3 atom stereocenters. The second-order valence-electron chi connectivity index (χ2n) is 8.64. The van der Waals surface area contributed by atoms with Crippen LogP contribution >= 0.6 is 0 Å². The molecule has 230 valence electrons. The molecule has 2 N–H and O–H groups in total. The third kappa shape index (κ3) is 7.83. The molecule has 0 fully saturated rings. The summed E-state index contributed by atoms with van der Waals surface area (Å²) in [6.07, 6.45) is -8.12. The SMILES string of the molecule is CC(C1C=Cc2ccccc2C1(F)F)S(=O)(=O)O.Cc1ccc(S(=O)(=O)OC(C(F)(F)F)C(F)(F)S(=O)(=O)O)cc1. The lowest BCUT2D eigenvalue weighted by molar-refractivity contribution is -0.237. The molecule has 0 bridgehead atoms. The molecule has 0 spiro atoms. The molecule has 0 saturated heterocycles. The lowest BCUT2D eigenvalue weighted by Gasteiger charge is -2.32. The predicted octanol–water partition coefficient (Wildman–Crippen LogP) is 4.81. The van der Waals surface area contributed by atoms with Gasteiger partial charge in [-0.1, -0.05) is 54.1 Å². The van der Waals surface area contributed by atoms with Crippen LogP contribution < -0.4 is 0 Å². The molecule has 0 radical (unpaired) electrons. The van der Waals surface area contributed by atoms with E-state index in [9.17, 15) is 56.0 Å². The van der Waals surface area contributed by atoms with Crippen molar-refractivity contribution >= 4 is 36.4 Å². The molecule has 41 heavy (non-hydrogen) atoms. The molecular weight excluding hydrogens is 637 g/mol. The molecule has 0 saturated carbocycles. The quantitative estimate of drug-likeness (QED) is 0.243. The van der Waals surface area contributed by atoms with Gasteiger partial charge in [0.1, 0.15) is 0 Å². The summed E-state index contributed by atoms with van der Waals surface area (Å²) in [6, 6.07) is 9.77. The van der Waals surface area contributed by atoms with Gasteiger partial charge in [0, 0.05) is 5.56 Å². The van der Waals surface area contributed by atoms with Gasteiger partial charge in [-0.25, -0.2) is 13.0 Å². The molecule has 2 aromatic carbocycles.